The van der Waals surface area contributed by atoms with Crippen LogP contribution in [0.25, 0.3) is 186 Å². The molecule has 103 heavy (non-hydrogen) atoms. The van der Waals surface area contributed by atoms with Gasteiger partial charge in [0.15, 0.2) is 23.3 Å². The molecule has 0 aliphatic heterocycles. The Labute approximate surface area is 602 Å². The number of para-hydroxylation sites is 3. The topological polar surface area (TPSA) is 74.3 Å². The molecule has 0 atom stereocenters. The Kier molecular flexibility index (Phi) is 14.2. The highest BCUT2D eigenvalue weighted by molar-refractivity contribution is 7.26. The van der Waals surface area contributed by atoms with Crippen molar-refractivity contribution in [2.45, 2.75) is 19.3 Å². The minimum atomic E-state index is -0.111. The summed E-state index contributed by atoms with van der Waals surface area (Å²) < 4.78 is 9.68. The average molecular weight is 1350 g/mol. The summed E-state index contributed by atoms with van der Waals surface area (Å²) in [6.45, 7) is 4.72. The van der Waals surface area contributed by atoms with Gasteiger partial charge in [-0.15, -0.1) is 22.7 Å². The molecule has 9 heteroatoms. The van der Waals surface area contributed by atoms with Gasteiger partial charge in [-0.05, 0) is 124 Å². The van der Waals surface area contributed by atoms with Gasteiger partial charge in [0.2, 0.25) is 0 Å². The van der Waals surface area contributed by atoms with Gasteiger partial charge in [0, 0.05) is 112 Å². The predicted molar refractivity (Wildman–Crippen MR) is 432 cm³/mol. The highest BCUT2D eigenvalue weighted by atomic mass is 32.1. The van der Waals surface area contributed by atoms with Gasteiger partial charge < -0.3 is 9.13 Å². The fourth-order valence-corrected chi connectivity index (χ4v) is 18.1. The van der Waals surface area contributed by atoms with E-state index in [1.165, 1.54) is 106 Å². The van der Waals surface area contributed by atoms with E-state index in [9.17, 15) is 0 Å². The highest BCUT2D eigenvalue weighted by Crippen LogP contribution is 2.52. The van der Waals surface area contributed by atoms with E-state index in [4.69, 9.17) is 24.9 Å². The first-order valence-corrected chi connectivity index (χ1v) is 36.5. The number of rotatable bonds is 9. The Balaban J connectivity index is 0.000000138. The van der Waals surface area contributed by atoms with E-state index in [1.807, 2.05) is 47.7 Å². The number of fused-ring (bicyclic) bond motifs is 15. The van der Waals surface area contributed by atoms with Crippen LogP contribution < -0.4 is 0 Å². The molecule has 21 rings (SSSR count). The third-order valence-corrected chi connectivity index (χ3v) is 23.1. The molecule has 484 valence electrons. The number of nitrogens with zero attached hydrogens (tertiary/aromatic N) is 7. The van der Waals surface area contributed by atoms with Crippen molar-refractivity contribution in [3.05, 3.63) is 345 Å². The third-order valence-electron chi connectivity index (χ3n) is 20.6. The number of benzene rings is 14. The first-order valence-electron chi connectivity index (χ1n) is 34.9. The molecule has 6 aromatic heterocycles. The Bertz CT molecular complexity index is 6640. The summed E-state index contributed by atoms with van der Waals surface area (Å²) in [7, 11) is 0. The zero-order valence-corrected chi connectivity index (χ0v) is 57.8. The lowest BCUT2D eigenvalue weighted by molar-refractivity contribution is 0.661. The molecule has 0 radical (unpaired) electrons. The normalized spacial score (nSPS) is 12.4. The third kappa shape index (κ3) is 10.1. The van der Waals surface area contributed by atoms with E-state index < -0.39 is 0 Å². The number of thiophene rings is 2. The summed E-state index contributed by atoms with van der Waals surface area (Å²) in [5, 5.41) is 9.86. The lowest BCUT2D eigenvalue weighted by Gasteiger charge is -2.21. The monoisotopic (exact) mass is 1350 g/mol. The van der Waals surface area contributed by atoms with Crippen molar-refractivity contribution in [1.29, 1.82) is 0 Å². The van der Waals surface area contributed by atoms with Gasteiger partial charge in [-0.3, -0.25) is 0 Å². The molecule has 14 aromatic carbocycles. The predicted octanol–water partition coefficient (Wildman–Crippen LogP) is 25.3. The van der Waals surface area contributed by atoms with Gasteiger partial charge >= 0.3 is 0 Å². The van der Waals surface area contributed by atoms with Crippen LogP contribution in [0.1, 0.15) is 25.0 Å². The van der Waals surface area contributed by atoms with Crippen LogP contribution in [-0.4, -0.2) is 34.1 Å². The van der Waals surface area contributed by atoms with Crippen LogP contribution in [0, 0.1) is 0 Å². The standard InChI is InChI=1S/C49H33N3S.C45H28N4S/c1-49(2)40-22-12-9-19-33(40)36-27-37-34-20-10-13-23-44(34)52(45(37)28-41(36)49)32-25-38-35-21-11-14-24-46(35)53-47(38)39(26-32)48-50-42(30-15-5-3-6-16-30)29-43(51-48)31-17-7-4-8-18-31;1-4-14-29(15-5-1)43-46-44(30-16-6-2-7-17-30)48-45(47-43)38-28-32(27-37-35-21-11-13-23-41(35)50-42(37)38)31-24-25-40-36(26-31)34-20-10-12-22-39(34)49(40)33-18-8-3-9-19-33/h3-29H,1-2H3;1-28H. The van der Waals surface area contributed by atoms with Crippen molar-refractivity contribution in [2.75, 3.05) is 0 Å². The van der Waals surface area contributed by atoms with Crippen LogP contribution in [-0.2, 0) is 5.41 Å². The van der Waals surface area contributed by atoms with E-state index in [2.05, 4.69) is 320 Å². The molecule has 0 unspecified atom stereocenters. The second-order valence-electron chi connectivity index (χ2n) is 27.1. The molecule has 0 saturated carbocycles. The second kappa shape index (κ2) is 24.2. The largest absolute Gasteiger partial charge is 0.309 e. The molecule has 0 bridgehead atoms. The maximum absolute atomic E-state index is 5.34. The quantitative estimate of drug-likeness (QED) is 0.144. The van der Waals surface area contributed by atoms with Gasteiger partial charge in [0.1, 0.15) is 0 Å². The van der Waals surface area contributed by atoms with Crippen molar-refractivity contribution < 1.29 is 0 Å². The maximum atomic E-state index is 5.34. The number of aromatic nitrogens is 7. The molecule has 0 fully saturated rings. The Morgan fingerprint density at radius 2 is 0.680 bits per heavy atom. The minimum absolute atomic E-state index is 0.111. The minimum Gasteiger partial charge on any atom is -0.309 e. The van der Waals surface area contributed by atoms with E-state index in [0.717, 1.165) is 73.1 Å². The molecule has 6 heterocycles. The maximum Gasteiger partial charge on any atom is 0.165 e. The Hall–Kier alpha value is -12.8. The summed E-state index contributed by atoms with van der Waals surface area (Å²) in [4.78, 5) is 26.0. The van der Waals surface area contributed by atoms with Gasteiger partial charge in [-0.1, -0.05) is 257 Å². The summed E-state index contributed by atoms with van der Waals surface area (Å²) in [6, 6.07) is 119. The zero-order valence-electron chi connectivity index (χ0n) is 56.2. The van der Waals surface area contributed by atoms with Gasteiger partial charge in [-0.2, -0.15) is 0 Å². The van der Waals surface area contributed by atoms with Crippen LogP contribution in [0.3, 0.4) is 0 Å². The van der Waals surface area contributed by atoms with Crippen molar-refractivity contribution >= 4 is 107 Å². The van der Waals surface area contributed by atoms with E-state index in [0.29, 0.717) is 17.5 Å². The van der Waals surface area contributed by atoms with Crippen LogP contribution in [0.4, 0.5) is 0 Å². The number of hydrogen-bond acceptors (Lipinski definition) is 7. The molecular formula is C94H61N7S2. The van der Waals surface area contributed by atoms with E-state index in [1.54, 1.807) is 11.3 Å². The first-order chi connectivity index (χ1) is 50.8. The van der Waals surface area contributed by atoms with Crippen molar-refractivity contribution in [1.82, 2.24) is 34.1 Å². The summed E-state index contributed by atoms with van der Waals surface area (Å²) in [5.41, 5.74) is 22.5. The molecule has 0 N–H and O–H groups in total. The summed E-state index contributed by atoms with van der Waals surface area (Å²) >= 11 is 3.61. The van der Waals surface area contributed by atoms with Crippen molar-refractivity contribution in [2.24, 2.45) is 0 Å². The highest BCUT2D eigenvalue weighted by Gasteiger charge is 2.36. The fourth-order valence-electron chi connectivity index (χ4n) is 15.7. The Morgan fingerprint density at radius 1 is 0.243 bits per heavy atom. The summed E-state index contributed by atoms with van der Waals surface area (Å²) in [6.07, 6.45) is 0. The van der Waals surface area contributed by atoms with E-state index in [-0.39, 0.29) is 5.41 Å². The van der Waals surface area contributed by atoms with Crippen LogP contribution in [0.15, 0.2) is 334 Å². The van der Waals surface area contributed by atoms with Crippen molar-refractivity contribution in [3.63, 3.8) is 0 Å². The van der Waals surface area contributed by atoms with Crippen LogP contribution in [0.5, 0.6) is 0 Å². The molecule has 20 aromatic rings. The van der Waals surface area contributed by atoms with Crippen molar-refractivity contribution in [3.8, 4) is 102 Å². The molecule has 1 aliphatic carbocycles. The van der Waals surface area contributed by atoms with Crippen LogP contribution in [0.2, 0.25) is 0 Å². The molecule has 0 saturated heterocycles. The van der Waals surface area contributed by atoms with Gasteiger partial charge in [0.05, 0.1) is 33.5 Å². The first kappa shape index (κ1) is 60.2. The number of hydrogen-bond donors (Lipinski definition) is 0. The van der Waals surface area contributed by atoms with E-state index >= 15 is 0 Å². The fraction of sp³-hybridized carbons (Fsp3) is 0.0319. The van der Waals surface area contributed by atoms with Gasteiger partial charge in [-0.25, -0.2) is 24.9 Å². The summed E-state index contributed by atoms with van der Waals surface area (Å²) in [5.74, 6) is 2.70. The molecule has 0 amide bonds. The molecule has 7 nitrogen and oxygen atoms in total. The molecule has 1 aliphatic rings. The SMILES string of the molecule is CC1(C)c2ccccc2-c2cc3c4ccccc4n(-c4cc(-c5nc(-c6ccccc6)cc(-c6ccccc6)n5)c5sc6ccccc6c5c4)c3cc21.c1ccc(-c2nc(-c3ccccc3)nc(-c3cc(-c4ccc5c(c4)c4ccccc4n5-c4ccccc4)cc4c3sc3ccccc34)n2)cc1. The zero-order chi connectivity index (χ0) is 68.3. The van der Waals surface area contributed by atoms with Gasteiger partial charge in [0.25, 0.3) is 0 Å². The lowest BCUT2D eigenvalue weighted by atomic mass is 9.82. The molecular weight excluding hydrogens is 1290 g/mol. The smallest absolute Gasteiger partial charge is 0.165 e. The molecule has 0 spiro atoms. The Morgan fingerprint density at radius 3 is 1.27 bits per heavy atom. The van der Waals surface area contributed by atoms with Crippen LogP contribution >= 0.6 is 22.7 Å². The second-order valence-corrected chi connectivity index (χ2v) is 29.2. The average Bonchev–Trinajstić information content (AvgIpc) is 1.58. The lowest BCUT2D eigenvalue weighted by Crippen LogP contribution is -2.14.